The zero-order chi connectivity index (χ0) is 12.5. The number of hydrogen-bond donors (Lipinski definition) is 2. The number of thiocarbonyl (C=S) groups is 1. The van der Waals surface area contributed by atoms with Gasteiger partial charge >= 0.3 is 0 Å². The zero-order valence-electron chi connectivity index (χ0n) is 9.68. The smallest absolute Gasteiger partial charge is 0.104 e. The topological polar surface area (TPSA) is 41.8 Å². The van der Waals surface area contributed by atoms with Crippen LogP contribution in [0.1, 0.15) is 5.56 Å². The second-order valence-electron chi connectivity index (χ2n) is 4.19. The van der Waals surface area contributed by atoms with Crippen molar-refractivity contribution < 1.29 is 0 Å². The van der Waals surface area contributed by atoms with Gasteiger partial charge in [0.1, 0.15) is 4.99 Å². The molecule has 0 radical (unpaired) electrons. The van der Waals surface area contributed by atoms with E-state index in [1.807, 2.05) is 36.5 Å². The summed E-state index contributed by atoms with van der Waals surface area (Å²) in [7, 11) is 0. The van der Waals surface area contributed by atoms with Crippen LogP contribution in [0.2, 0.25) is 0 Å². The fourth-order valence-electron chi connectivity index (χ4n) is 2.15. The number of rotatable bonds is 2. The molecule has 3 N–H and O–H groups in total. The van der Waals surface area contributed by atoms with Crippen LogP contribution < -0.4 is 5.73 Å². The maximum atomic E-state index is 5.67. The molecular weight excluding hydrogens is 240 g/mol. The van der Waals surface area contributed by atoms with E-state index in [1.165, 1.54) is 10.9 Å². The Labute approximate surface area is 110 Å². The summed E-state index contributed by atoms with van der Waals surface area (Å²) in [6.07, 6.45) is 2.02. The molecule has 0 spiro atoms. The minimum absolute atomic E-state index is 0.427. The Morgan fingerprint density at radius 3 is 2.72 bits per heavy atom. The van der Waals surface area contributed by atoms with Gasteiger partial charge in [-0.1, -0.05) is 48.6 Å². The Hall–Kier alpha value is -2.13. The molecule has 0 amide bonds. The van der Waals surface area contributed by atoms with Crippen molar-refractivity contribution in [3.63, 3.8) is 0 Å². The molecule has 2 aromatic carbocycles. The number of benzene rings is 2. The predicted molar refractivity (Wildman–Crippen MR) is 79.6 cm³/mol. The fourth-order valence-corrected chi connectivity index (χ4v) is 2.28. The molecule has 3 heteroatoms. The molecule has 0 atom stereocenters. The lowest BCUT2D eigenvalue weighted by atomic mass is 10.0. The van der Waals surface area contributed by atoms with Crippen molar-refractivity contribution in [1.29, 1.82) is 0 Å². The van der Waals surface area contributed by atoms with Crippen LogP contribution in [0.4, 0.5) is 0 Å². The Morgan fingerprint density at radius 2 is 1.89 bits per heavy atom. The molecular formula is C15H12N2S. The van der Waals surface area contributed by atoms with Crippen LogP contribution in [0, 0.1) is 0 Å². The van der Waals surface area contributed by atoms with Crippen molar-refractivity contribution >= 4 is 28.1 Å². The number of H-pyrrole nitrogens is 1. The highest BCUT2D eigenvalue weighted by molar-refractivity contribution is 7.80. The third kappa shape index (κ3) is 1.79. The van der Waals surface area contributed by atoms with Gasteiger partial charge in [-0.15, -0.1) is 0 Å². The highest BCUT2D eigenvalue weighted by Crippen LogP contribution is 2.28. The Morgan fingerprint density at radius 1 is 1.06 bits per heavy atom. The SMILES string of the molecule is NC(=S)c1cccc(-c2c[nH]c3ccccc23)c1. The van der Waals surface area contributed by atoms with Gasteiger partial charge in [-0.3, -0.25) is 0 Å². The number of nitrogens with one attached hydrogen (secondary N) is 1. The first-order valence-electron chi connectivity index (χ1n) is 5.72. The molecule has 0 saturated carbocycles. The van der Waals surface area contributed by atoms with Gasteiger partial charge in [0.2, 0.25) is 0 Å². The standard InChI is InChI=1S/C15H12N2S/c16-15(18)11-5-3-4-10(8-11)13-9-17-14-7-2-1-6-12(13)14/h1-9,17H,(H2,16,18). The average Bonchev–Trinajstić information content (AvgIpc) is 2.82. The van der Waals surface area contributed by atoms with E-state index in [4.69, 9.17) is 18.0 Å². The minimum atomic E-state index is 0.427. The number of hydrogen-bond acceptors (Lipinski definition) is 1. The highest BCUT2D eigenvalue weighted by atomic mass is 32.1. The van der Waals surface area contributed by atoms with Gasteiger partial charge < -0.3 is 10.7 Å². The Kier molecular flexibility index (Phi) is 2.61. The van der Waals surface area contributed by atoms with Crippen LogP contribution in [-0.2, 0) is 0 Å². The molecule has 3 aromatic rings. The van der Waals surface area contributed by atoms with E-state index < -0.39 is 0 Å². The molecule has 0 aliphatic carbocycles. The molecule has 0 fully saturated rings. The van der Waals surface area contributed by atoms with E-state index in [-0.39, 0.29) is 0 Å². The van der Waals surface area contributed by atoms with Crippen LogP contribution in [0.5, 0.6) is 0 Å². The van der Waals surface area contributed by atoms with Gasteiger partial charge in [0.15, 0.2) is 0 Å². The van der Waals surface area contributed by atoms with Crippen LogP contribution in [0.3, 0.4) is 0 Å². The second-order valence-corrected chi connectivity index (χ2v) is 4.63. The molecule has 1 aromatic heterocycles. The first kappa shape index (κ1) is 11.0. The summed E-state index contributed by atoms with van der Waals surface area (Å²) in [5.41, 5.74) is 9.99. The van der Waals surface area contributed by atoms with Crippen molar-refractivity contribution in [2.24, 2.45) is 5.73 Å². The van der Waals surface area contributed by atoms with Crippen LogP contribution in [-0.4, -0.2) is 9.97 Å². The maximum absolute atomic E-state index is 5.67. The van der Waals surface area contributed by atoms with Gasteiger partial charge in [0, 0.05) is 28.2 Å². The first-order valence-corrected chi connectivity index (χ1v) is 6.13. The van der Waals surface area contributed by atoms with Crippen molar-refractivity contribution in [2.45, 2.75) is 0 Å². The summed E-state index contributed by atoms with van der Waals surface area (Å²) in [4.78, 5) is 3.70. The summed E-state index contributed by atoms with van der Waals surface area (Å²) in [5.74, 6) is 0. The normalized spacial score (nSPS) is 10.7. The fraction of sp³-hybridized carbons (Fsp3) is 0. The third-order valence-corrected chi connectivity index (χ3v) is 3.28. The molecule has 3 rings (SSSR count). The summed E-state index contributed by atoms with van der Waals surface area (Å²) in [6.45, 7) is 0. The van der Waals surface area contributed by atoms with E-state index in [1.54, 1.807) is 0 Å². The Bertz CT molecular complexity index is 728. The van der Waals surface area contributed by atoms with Crippen molar-refractivity contribution in [1.82, 2.24) is 4.98 Å². The average molecular weight is 252 g/mol. The quantitative estimate of drug-likeness (QED) is 0.686. The maximum Gasteiger partial charge on any atom is 0.104 e. The van der Waals surface area contributed by atoms with Gasteiger partial charge in [-0.05, 0) is 17.7 Å². The number of aromatic nitrogens is 1. The molecule has 0 unspecified atom stereocenters. The lowest BCUT2D eigenvalue weighted by Gasteiger charge is -2.03. The molecule has 2 nitrogen and oxygen atoms in total. The van der Waals surface area contributed by atoms with Gasteiger partial charge in [-0.2, -0.15) is 0 Å². The van der Waals surface area contributed by atoms with E-state index in [0.29, 0.717) is 4.99 Å². The predicted octanol–water partition coefficient (Wildman–Crippen LogP) is 3.47. The summed E-state index contributed by atoms with van der Waals surface area (Å²) in [5, 5.41) is 1.21. The molecule has 0 saturated heterocycles. The number of para-hydroxylation sites is 1. The molecule has 1 heterocycles. The first-order chi connectivity index (χ1) is 8.75. The zero-order valence-corrected chi connectivity index (χ0v) is 10.5. The lowest BCUT2D eigenvalue weighted by Crippen LogP contribution is -2.08. The largest absolute Gasteiger partial charge is 0.389 e. The second kappa shape index (κ2) is 4.27. The summed E-state index contributed by atoms with van der Waals surface area (Å²) in [6, 6.07) is 16.2. The lowest BCUT2D eigenvalue weighted by molar-refractivity contribution is 1.47. The molecule has 0 aliphatic heterocycles. The highest BCUT2D eigenvalue weighted by Gasteiger charge is 2.06. The van der Waals surface area contributed by atoms with Crippen LogP contribution >= 0.6 is 12.2 Å². The molecule has 0 bridgehead atoms. The van der Waals surface area contributed by atoms with E-state index in [0.717, 1.165) is 16.6 Å². The molecule has 0 aliphatic rings. The van der Waals surface area contributed by atoms with E-state index >= 15 is 0 Å². The number of fused-ring (bicyclic) bond motifs is 1. The van der Waals surface area contributed by atoms with E-state index in [2.05, 4.69) is 23.2 Å². The molecule has 18 heavy (non-hydrogen) atoms. The molecule has 88 valence electrons. The van der Waals surface area contributed by atoms with E-state index in [9.17, 15) is 0 Å². The van der Waals surface area contributed by atoms with Crippen LogP contribution in [0.25, 0.3) is 22.0 Å². The summed E-state index contributed by atoms with van der Waals surface area (Å²) >= 11 is 5.02. The van der Waals surface area contributed by atoms with Crippen molar-refractivity contribution in [3.8, 4) is 11.1 Å². The van der Waals surface area contributed by atoms with Crippen molar-refractivity contribution in [2.75, 3.05) is 0 Å². The Balaban J connectivity index is 2.20. The number of nitrogens with two attached hydrogens (primary N) is 1. The van der Waals surface area contributed by atoms with Gasteiger partial charge in [-0.25, -0.2) is 0 Å². The van der Waals surface area contributed by atoms with Crippen molar-refractivity contribution in [3.05, 3.63) is 60.3 Å². The van der Waals surface area contributed by atoms with Crippen LogP contribution in [0.15, 0.2) is 54.7 Å². The van der Waals surface area contributed by atoms with Gasteiger partial charge in [0.05, 0.1) is 0 Å². The third-order valence-electron chi connectivity index (χ3n) is 3.05. The van der Waals surface area contributed by atoms with Gasteiger partial charge in [0.25, 0.3) is 0 Å². The minimum Gasteiger partial charge on any atom is -0.389 e. The summed E-state index contributed by atoms with van der Waals surface area (Å²) < 4.78 is 0. The monoisotopic (exact) mass is 252 g/mol. The number of aromatic amines is 1.